The highest BCUT2D eigenvalue weighted by Crippen LogP contribution is 2.33. The first-order chi connectivity index (χ1) is 8.62. The number of aryl methyl sites for hydroxylation is 1. The van der Waals surface area contributed by atoms with Gasteiger partial charge in [0.25, 0.3) is 0 Å². The lowest BCUT2D eigenvalue weighted by Gasteiger charge is -2.21. The summed E-state index contributed by atoms with van der Waals surface area (Å²) in [4.78, 5) is 0. The van der Waals surface area contributed by atoms with Gasteiger partial charge in [-0.25, -0.2) is 0 Å². The summed E-state index contributed by atoms with van der Waals surface area (Å²) in [5, 5.41) is 3.63. The van der Waals surface area contributed by atoms with Crippen LogP contribution in [0.2, 0.25) is 0 Å². The first kappa shape index (κ1) is 15.4. The minimum Gasteiger partial charge on any atom is -0.495 e. The smallest absolute Gasteiger partial charge is 0.143 e. The molecule has 1 N–H and O–H groups in total. The molecule has 0 aliphatic carbocycles. The predicted molar refractivity (Wildman–Crippen MR) is 82.7 cm³/mol. The second-order valence-corrected chi connectivity index (χ2v) is 5.61. The van der Waals surface area contributed by atoms with E-state index in [-0.39, 0.29) is 0 Å². The molecule has 0 amide bonds. The van der Waals surface area contributed by atoms with E-state index in [0.29, 0.717) is 6.04 Å². The predicted octanol–water partition coefficient (Wildman–Crippen LogP) is 5.15. The van der Waals surface area contributed by atoms with Crippen molar-refractivity contribution in [1.29, 1.82) is 0 Å². The van der Waals surface area contributed by atoms with Gasteiger partial charge in [-0.05, 0) is 37.5 Å². The Morgan fingerprint density at radius 3 is 2.61 bits per heavy atom. The number of ether oxygens (including phenoxy) is 1. The van der Waals surface area contributed by atoms with Gasteiger partial charge in [-0.15, -0.1) is 0 Å². The van der Waals surface area contributed by atoms with Crippen LogP contribution in [-0.4, -0.2) is 13.2 Å². The molecular formula is C15H24BrNO. The molecule has 0 spiro atoms. The van der Waals surface area contributed by atoms with Gasteiger partial charge >= 0.3 is 0 Å². The summed E-state index contributed by atoms with van der Waals surface area (Å²) in [5.41, 5.74) is 2.35. The number of unbranched alkanes of at least 4 members (excludes halogenated alkanes) is 1. The highest BCUT2D eigenvalue weighted by molar-refractivity contribution is 9.10. The van der Waals surface area contributed by atoms with E-state index in [1.807, 2.05) is 6.07 Å². The Hall–Kier alpha value is -0.700. The first-order valence-electron chi connectivity index (χ1n) is 6.73. The molecule has 0 bridgehead atoms. The molecule has 1 unspecified atom stereocenters. The van der Waals surface area contributed by atoms with Crippen LogP contribution < -0.4 is 10.1 Å². The van der Waals surface area contributed by atoms with Crippen LogP contribution >= 0.6 is 15.9 Å². The fraction of sp³-hybridized carbons (Fsp3) is 0.600. The van der Waals surface area contributed by atoms with Gasteiger partial charge in [0, 0.05) is 10.5 Å². The van der Waals surface area contributed by atoms with E-state index in [4.69, 9.17) is 4.74 Å². The molecule has 0 fully saturated rings. The van der Waals surface area contributed by atoms with Crippen molar-refractivity contribution in [2.24, 2.45) is 0 Å². The van der Waals surface area contributed by atoms with Gasteiger partial charge in [-0.2, -0.15) is 0 Å². The van der Waals surface area contributed by atoms with E-state index in [1.165, 1.54) is 24.8 Å². The molecule has 1 atom stereocenters. The molecule has 0 radical (unpaired) electrons. The third-order valence-electron chi connectivity index (χ3n) is 3.23. The summed E-state index contributed by atoms with van der Waals surface area (Å²) in [6.07, 6.45) is 4.86. The van der Waals surface area contributed by atoms with Gasteiger partial charge in [0.05, 0.1) is 12.8 Å². The monoisotopic (exact) mass is 313 g/mol. The van der Waals surface area contributed by atoms with Crippen molar-refractivity contribution in [3.05, 3.63) is 22.2 Å². The number of nitrogens with one attached hydrogen (secondary N) is 1. The van der Waals surface area contributed by atoms with Crippen molar-refractivity contribution in [2.45, 2.75) is 52.5 Å². The third kappa shape index (κ3) is 4.20. The maximum absolute atomic E-state index is 5.46. The molecule has 3 heteroatoms. The highest BCUT2D eigenvalue weighted by Gasteiger charge is 2.12. The van der Waals surface area contributed by atoms with Crippen molar-refractivity contribution in [1.82, 2.24) is 0 Å². The molecule has 0 aliphatic heterocycles. The summed E-state index contributed by atoms with van der Waals surface area (Å²) in [7, 11) is 1.72. The quantitative estimate of drug-likeness (QED) is 0.752. The SMILES string of the molecule is CCCCC(CC)Nc1c(C)cc(Br)cc1OC. The van der Waals surface area contributed by atoms with Gasteiger partial charge in [-0.1, -0.05) is 42.6 Å². The lowest BCUT2D eigenvalue weighted by atomic mass is 10.1. The fourth-order valence-electron chi connectivity index (χ4n) is 2.09. The number of halogens is 1. The molecule has 0 saturated carbocycles. The van der Waals surface area contributed by atoms with E-state index < -0.39 is 0 Å². The highest BCUT2D eigenvalue weighted by atomic mass is 79.9. The fourth-order valence-corrected chi connectivity index (χ4v) is 2.64. The summed E-state index contributed by atoms with van der Waals surface area (Å²) in [5.74, 6) is 0.914. The van der Waals surface area contributed by atoms with Crippen LogP contribution in [-0.2, 0) is 0 Å². The van der Waals surface area contributed by atoms with Gasteiger partial charge in [-0.3, -0.25) is 0 Å². The summed E-state index contributed by atoms with van der Waals surface area (Å²) >= 11 is 3.51. The second kappa shape index (κ2) is 7.67. The Kier molecular flexibility index (Phi) is 6.55. The van der Waals surface area contributed by atoms with Crippen LogP contribution in [0.3, 0.4) is 0 Å². The third-order valence-corrected chi connectivity index (χ3v) is 3.69. The number of hydrogen-bond donors (Lipinski definition) is 1. The molecule has 18 heavy (non-hydrogen) atoms. The molecule has 1 rings (SSSR count). The van der Waals surface area contributed by atoms with Crippen molar-refractivity contribution in [3.63, 3.8) is 0 Å². The van der Waals surface area contributed by atoms with Gasteiger partial charge in [0.2, 0.25) is 0 Å². The molecule has 102 valence electrons. The van der Waals surface area contributed by atoms with Gasteiger partial charge in [0.15, 0.2) is 0 Å². The molecule has 0 aliphatic rings. The first-order valence-corrected chi connectivity index (χ1v) is 7.52. The minimum atomic E-state index is 0.527. The van der Waals surface area contributed by atoms with Crippen LogP contribution in [0.4, 0.5) is 5.69 Å². The zero-order valence-electron chi connectivity index (χ0n) is 11.8. The van der Waals surface area contributed by atoms with Crippen molar-refractivity contribution in [2.75, 3.05) is 12.4 Å². The van der Waals surface area contributed by atoms with E-state index in [2.05, 4.69) is 48.1 Å². The lowest BCUT2D eigenvalue weighted by molar-refractivity contribution is 0.415. The van der Waals surface area contributed by atoms with Crippen LogP contribution in [0.5, 0.6) is 5.75 Å². The Morgan fingerprint density at radius 2 is 2.06 bits per heavy atom. The maximum Gasteiger partial charge on any atom is 0.143 e. The number of methoxy groups -OCH3 is 1. The number of hydrogen-bond acceptors (Lipinski definition) is 2. The Bertz CT molecular complexity index is 379. The molecule has 1 aromatic carbocycles. The van der Waals surface area contributed by atoms with Crippen LogP contribution in [0.25, 0.3) is 0 Å². The van der Waals surface area contributed by atoms with E-state index in [0.717, 1.165) is 22.3 Å². The van der Waals surface area contributed by atoms with Gasteiger partial charge in [0.1, 0.15) is 5.75 Å². The minimum absolute atomic E-state index is 0.527. The number of rotatable bonds is 7. The number of anilines is 1. The second-order valence-electron chi connectivity index (χ2n) is 4.69. The average molecular weight is 314 g/mol. The zero-order valence-corrected chi connectivity index (χ0v) is 13.4. The molecule has 0 aromatic heterocycles. The topological polar surface area (TPSA) is 21.3 Å². The lowest BCUT2D eigenvalue weighted by Crippen LogP contribution is -2.19. The largest absolute Gasteiger partial charge is 0.495 e. The maximum atomic E-state index is 5.46. The van der Waals surface area contributed by atoms with Crippen molar-refractivity contribution >= 4 is 21.6 Å². The van der Waals surface area contributed by atoms with E-state index in [1.54, 1.807) is 7.11 Å². The van der Waals surface area contributed by atoms with Gasteiger partial charge < -0.3 is 10.1 Å². The van der Waals surface area contributed by atoms with Crippen LogP contribution in [0.15, 0.2) is 16.6 Å². The summed E-state index contributed by atoms with van der Waals surface area (Å²) in [6, 6.07) is 4.66. The van der Waals surface area contributed by atoms with Crippen LogP contribution in [0.1, 0.15) is 45.1 Å². The van der Waals surface area contributed by atoms with Crippen LogP contribution in [0, 0.1) is 6.92 Å². The molecule has 1 aromatic rings. The zero-order chi connectivity index (χ0) is 13.5. The summed E-state index contributed by atoms with van der Waals surface area (Å²) in [6.45, 7) is 6.58. The van der Waals surface area contributed by atoms with E-state index >= 15 is 0 Å². The number of benzene rings is 1. The van der Waals surface area contributed by atoms with Crippen molar-refractivity contribution < 1.29 is 4.74 Å². The summed E-state index contributed by atoms with van der Waals surface area (Å²) < 4.78 is 6.52. The van der Waals surface area contributed by atoms with E-state index in [9.17, 15) is 0 Å². The molecule has 2 nitrogen and oxygen atoms in total. The molecule has 0 heterocycles. The molecular weight excluding hydrogens is 290 g/mol. The van der Waals surface area contributed by atoms with Crippen molar-refractivity contribution in [3.8, 4) is 5.75 Å². The normalized spacial score (nSPS) is 12.3. The Balaban J connectivity index is 2.87. The standard InChI is InChI=1S/C15H24BrNO/c1-5-7-8-13(6-2)17-15-11(3)9-12(16)10-14(15)18-4/h9-10,13,17H,5-8H2,1-4H3. The molecule has 0 saturated heterocycles. The Morgan fingerprint density at radius 1 is 1.33 bits per heavy atom. The Labute approximate surface area is 119 Å². The average Bonchev–Trinajstić information content (AvgIpc) is 2.36.